The summed E-state index contributed by atoms with van der Waals surface area (Å²) in [7, 11) is 0. The van der Waals surface area contributed by atoms with E-state index in [2.05, 4.69) is 32.4 Å². The quantitative estimate of drug-likeness (QED) is 0.733. The molecule has 1 aliphatic rings. The summed E-state index contributed by atoms with van der Waals surface area (Å²) in [4.78, 5) is 6.60. The molecule has 1 saturated heterocycles. The highest BCUT2D eigenvalue weighted by Gasteiger charge is 2.16. The van der Waals surface area contributed by atoms with Crippen LogP contribution in [0.3, 0.4) is 0 Å². The number of halogens is 2. The third kappa shape index (κ3) is 2.52. The molecule has 2 rings (SSSR count). The van der Waals surface area contributed by atoms with Crippen molar-refractivity contribution in [2.45, 2.75) is 12.8 Å². The summed E-state index contributed by atoms with van der Waals surface area (Å²) in [5, 5.41) is 0.659. The Labute approximate surface area is 103 Å². The van der Waals surface area contributed by atoms with Crippen molar-refractivity contribution >= 4 is 33.3 Å². The van der Waals surface area contributed by atoms with Crippen molar-refractivity contribution in [2.75, 3.05) is 18.0 Å². The number of pyridine rings is 1. The van der Waals surface area contributed by atoms with Crippen molar-refractivity contribution in [1.82, 2.24) is 4.98 Å². The fourth-order valence-electron chi connectivity index (χ4n) is 1.67. The highest BCUT2D eigenvalue weighted by atomic mass is 79.9. The molecule has 80 valence electrons. The summed E-state index contributed by atoms with van der Waals surface area (Å²) in [6.45, 7) is 5.98. The van der Waals surface area contributed by atoms with E-state index in [4.69, 9.17) is 11.6 Å². The Hall–Kier alpha value is -0.540. The van der Waals surface area contributed by atoms with Crippen molar-refractivity contribution in [3.63, 3.8) is 0 Å². The van der Waals surface area contributed by atoms with E-state index < -0.39 is 0 Å². The number of hydrogen-bond acceptors (Lipinski definition) is 2. The van der Waals surface area contributed by atoms with Crippen LogP contribution in [0, 0.1) is 0 Å². The molecule has 1 aromatic heterocycles. The van der Waals surface area contributed by atoms with Crippen LogP contribution < -0.4 is 4.90 Å². The second kappa shape index (κ2) is 4.54. The lowest BCUT2D eigenvalue weighted by Crippen LogP contribution is -2.31. The van der Waals surface area contributed by atoms with E-state index in [1.807, 2.05) is 6.07 Å². The van der Waals surface area contributed by atoms with Crippen molar-refractivity contribution in [2.24, 2.45) is 0 Å². The molecule has 2 nitrogen and oxygen atoms in total. The first kappa shape index (κ1) is 11.0. The lowest BCUT2D eigenvalue weighted by molar-refractivity contribution is 0.678. The maximum absolute atomic E-state index is 5.85. The number of piperidine rings is 1. The molecule has 2 heterocycles. The lowest BCUT2D eigenvalue weighted by Gasteiger charge is -2.29. The molecule has 0 N–H and O–H groups in total. The van der Waals surface area contributed by atoms with Gasteiger partial charge in [-0.2, -0.15) is 0 Å². The van der Waals surface area contributed by atoms with Crippen LogP contribution in [0.2, 0.25) is 5.02 Å². The summed E-state index contributed by atoms with van der Waals surface area (Å²) in [6.07, 6.45) is 3.79. The highest BCUT2D eigenvalue weighted by molar-refractivity contribution is 9.10. The highest BCUT2D eigenvalue weighted by Crippen LogP contribution is 2.29. The predicted molar refractivity (Wildman–Crippen MR) is 67.5 cm³/mol. The van der Waals surface area contributed by atoms with Crippen molar-refractivity contribution in [1.29, 1.82) is 0 Å². The summed E-state index contributed by atoms with van der Waals surface area (Å²) >= 11 is 9.34. The fourth-order valence-corrected chi connectivity index (χ4v) is 2.56. The van der Waals surface area contributed by atoms with Crippen LogP contribution in [-0.4, -0.2) is 18.1 Å². The van der Waals surface area contributed by atoms with Crippen LogP contribution in [0.25, 0.3) is 0 Å². The molecule has 0 radical (unpaired) electrons. The normalized spacial score (nSPS) is 16.9. The third-order valence-corrected chi connectivity index (χ3v) is 3.35. The molecule has 1 aliphatic heterocycles. The summed E-state index contributed by atoms with van der Waals surface area (Å²) < 4.78 is 0.961. The molecule has 0 saturated carbocycles. The van der Waals surface area contributed by atoms with Crippen LogP contribution in [0.15, 0.2) is 28.9 Å². The minimum atomic E-state index is 0.659. The Morgan fingerprint density at radius 2 is 2.07 bits per heavy atom. The molecule has 0 amide bonds. The van der Waals surface area contributed by atoms with E-state index in [9.17, 15) is 0 Å². The van der Waals surface area contributed by atoms with Gasteiger partial charge in [-0.15, -0.1) is 0 Å². The van der Waals surface area contributed by atoms with Gasteiger partial charge in [0.1, 0.15) is 5.82 Å². The van der Waals surface area contributed by atoms with E-state index >= 15 is 0 Å². The minimum Gasteiger partial charge on any atom is -0.355 e. The Kier molecular flexibility index (Phi) is 3.32. The lowest BCUT2D eigenvalue weighted by atomic mass is 10.1. The molecule has 1 aromatic rings. The maximum atomic E-state index is 5.85. The predicted octanol–water partition coefficient (Wildman–Crippen LogP) is 3.65. The van der Waals surface area contributed by atoms with E-state index in [1.54, 1.807) is 6.20 Å². The van der Waals surface area contributed by atoms with Gasteiger partial charge in [0, 0.05) is 19.3 Å². The number of hydrogen-bond donors (Lipinski definition) is 0. The van der Waals surface area contributed by atoms with Crippen molar-refractivity contribution < 1.29 is 0 Å². The Morgan fingerprint density at radius 1 is 1.40 bits per heavy atom. The van der Waals surface area contributed by atoms with Gasteiger partial charge in [0.05, 0.1) is 9.50 Å². The number of rotatable bonds is 1. The summed E-state index contributed by atoms with van der Waals surface area (Å²) in [6, 6.07) is 1.88. The summed E-state index contributed by atoms with van der Waals surface area (Å²) in [5.41, 5.74) is 1.33. The molecule has 0 aliphatic carbocycles. The molecule has 0 bridgehead atoms. The van der Waals surface area contributed by atoms with Crippen LogP contribution in [0.5, 0.6) is 0 Å². The third-order valence-electron chi connectivity index (χ3n) is 2.56. The maximum Gasteiger partial charge on any atom is 0.142 e. The molecular formula is C11H12BrClN2. The van der Waals surface area contributed by atoms with Gasteiger partial charge < -0.3 is 4.90 Å². The standard InChI is InChI=1S/C11H12BrClN2/c1-8-2-4-15(5-3-8)11-10(12)6-9(13)7-14-11/h6-7H,1-5H2. The SMILES string of the molecule is C=C1CCN(c2ncc(Cl)cc2Br)CC1. The second-order valence-corrected chi connectivity index (χ2v) is 4.99. The Bertz CT molecular complexity index is 382. The van der Waals surface area contributed by atoms with E-state index in [1.165, 1.54) is 5.57 Å². The topological polar surface area (TPSA) is 16.1 Å². The van der Waals surface area contributed by atoms with Gasteiger partial charge in [0.15, 0.2) is 0 Å². The molecule has 1 fully saturated rings. The van der Waals surface area contributed by atoms with Gasteiger partial charge in [0.25, 0.3) is 0 Å². The van der Waals surface area contributed by atoms with E-state index in [-0.39, 0.29) is 0 Å². The van der Waals surface area contributed by atoms with Crippen LogP contribution in [0.1, 0.15) is 12.8 Å². The van der Waals surface area contributed by atoms with Crippen LogP contribution in [0.4, 0.5) is 5.82 Å². The number of anilines is 1. The Morgan fingerprint density at radius 3 is 2.67 bits per heavy atom. The number of nitrogens with zero attached hydrogens (tertiary/aromatic N) is 2. The fraction of sp³-hybridized carbons (Fsp3) is 0.364. The van der Waals surface area contributed by atoms with Gasteiger partial charge in [-0.25, -0.2) is 4.98 Å². The zero-order chi connectivity index (χ0) is 10.8. The molecular weight excluding hydrogens is 275 g/mol. The summed E-state index contributed by atoms with van der Waals surface area (Å²) in [5.74, 6) is 0.979. The van der Waals surface area contributed by atoms with E-state index in [0.717, 1.165) is 36.2 Å². The molecule has 0 aromatic carbocycles. The van der Waals surface area contributed by atoms with Crippen LogP contribution >= 0.6 is 27.5 Å². The largest absolute Gasteiger partial charge is 0.355 e. The zero-order valence-corrected chi connectivity index (χ0v) is 10.7. The average Bonchev–Trinajstić information content (AvgIpc) is 2.20. The first-order chi connectivity index (χ1) is 7.16. The Balaban J connectivity index is 2.19. The molecule has 4 heteroatoms. The number of aromatic nitrogens is 1. The van der Waals surface area contributed by atoms with Crippen molar-refractivity contribution in [3.8, 4) is 0 Å². The monoisotopic (exact) mass is 286 g/mol. The molecule has 0 unspecified atom stereocenters. The zero-order valence-electron chi connectivity index (χ0n) is 8.34. The van der Waals surface area contributed by atoms with Crippen LogP contribution in [-0.2, 0) is 0 Å². The van der Waals surface area contributed by atoms with Crippen molar-refractivity contribution in [3.05, 3.63) is 33.9 Å². The minimum absolute atomic E-state index is 0.659. The van der Waals surface area contributed by atoms with Gasteiger partial charge in [0.2, 0.25) is 0 Å². The van der Waals surface area contributed by atoms with Gasteiger partial charge >= 0.3 is 0 Å². The van der Waals surface area contributed by atoms with E-state index in [0.29, 0.717) is 5.02 Å². The average molecular weight is 288 g/mol. The second-order valence-electron chi connectivity index (χ2n) is 3.70. The first-order valence-corrected chi connectivity index (χ1v) is 6.06. The smallest absolute Gasteiger partial charge is 0.142 e. The van der Waals surface area contributed by atoms with Gasteiger partial charge in [-0.3, -0.25) is 0 Å². The van der Waals surface area contributed by atoms with Gasteiger partial charge in [-0.1, -0.05) is 23.8 Å². The molecule has 15 heavy (non-hydrogen) atoms. The first-order valence-electron chi connectivity index (χ1n) is 4.89. The molecule has 0 spiro atoms. The van der Waals surface area contributed by atoms with Gasteiger partial charge in [-0.05, 0) is 34.8 Å². The molecule has 0 atom stereocenters.